The van der Waals surface area contributed by atoms with Crippen molar-refractivity contribution in [1.29, 1.82) is 0 Å². The van der Waals surface area contributed by atoms with Gasteiger partial charge in [0.15, 0.2) is 11.3 Å². The van der Waals surface area contributed by atoms with E-state index in [1.54, 1.807) is 18.1 Å². The zero-order valence-corrected chi connectivity index (χ0v) is 19.2. The first kappa shape index (κ1) is 22.7. The van der Waals surface area contributed by atoms with Gasteiger partial charge in [0, 0.05) is 19.2 Å². The molecule has 1 aliphatic heterocycles. The minimum atomic E-state index is -1.79. The van der Waals surface area contributed by atoms with Crippen molar-refractivity contribution < 1.29 is 9.53 Å². The number of halogens is 3. The molecule has 158 valence electrons. The molecular weight excluding hydrogens is 465 g/mol. The minimum absolute atomic E-state index is 0.395. The number of methoxy groups -OCH3 is 1. The van der Waals surface area contributed by atoms with Gasteiger partial charge >= 0.3 is 0 Å². The molecule has 0 saturated carbocycles. The number of rotatable bonds is 6. The van der Waals surface area contributed by atoms with Gasteiger partial charge in [-0.05, 0) is 36.0 Å². The molecule has 1 aliphatic rings. The quantitative estimate of drug-likeness (QED) is 0.368. The number of ether oxygens (including phenoxy) is 1. The van der Waals surface area contributed by atoms with Crippen molar-refractivity contribution in [3.05, 3.63) is 66.2 Å². The van der Waals surface area contributed by atoms with Gasteiger partial charge in [0.2, 0.25) is 9.70 Å². The third-order valence-corrected chi connectivity index (χ3v) is 5.62. The van der Waals surface area contributed by atoms with Crippen LogP contribution in [-0.4, -0.2) is 46.1 Å². The first-order chi connectivity index (χ1) is 14.3. The Bertz CT molecular complexity index is 935. The summed E-state index contributed by atoms with van der Waals surface area (Å²) in [6, 6.07) is 17.0. The maximum absolute atomic E-state index is 12.5. The molecule has 1 unspecified atom stereocenters. The largest absolute Gasteiger partial charge is 0.495 e. The van der Waals surface area contributed by atoms with Crippen LogP contribution in [0.2, 0.25) is 0 Å². The van der Waals surface area contributed by atoms with E-state index in [-0.39, 0.29) is 0 Å². The summed E-state index contributed by atoms with van der Waals surface area (Å²) in [5, 5.41) is 3.19. The molecule has 1 fully saturated rings. The van der Waals surface area contributed by atoms with E-state index in [2.05, 4.69) is 5.32 Å². The van der Waals surface area contributed by atoms with E-state index in [4.69, 9.17) is 51.8 Å². The lowest BCUT2D eigenvalue weighted by atomic mass is 10.2. The molecule has 0 aliphatic carbocycles. The van der Waals surface area contributed by atoms with Crippen LogP contribution in [0.4, 0.5) is 5.69 Å². The second-order valence-electron chi connectivity index (χ2n) is 6.50. The molecule has 2 aromatic carbocycles. The number of hydrogen-bond donors (Lipinski definition) is 1. The summed E-state index contributed by atoms with van der Waals surface area (Å²) in [6.07, 6.45) is 2.15. The van der Waals surface area contributed by atoms with Crippen LogP contribution in [0.15, 0.2) is 60.7 Å². The van der Waals surface area contributed by atoms with Crippen LogP contribution in [0.5, 0.6) is 5.75 Å². The number of anilines is 1. The fourth-order valence-electron chi connectivity index (χ4n) is 3.13. The second kappa shape index (κ2) is 9.88. The van der Waals surface area contributed by atoms with Gasteiger partial charge in [-0.3, -0.25) is 4.79 Å². The Balaban J connectivity index is 1.77. The predicted octanol–water partition coefficient (Wildman–Crippen LogP) is 4.63. The van der Waals surface area contributed by atoms with E-state index in [0.717, 1.165) is 11.3 Å². The molecule has 3 rings (SSSR count). The van der Waals surface area contributed by atoms with Crippen molar-refractivity contribution in [3.63, 3.8) is 0 Å². The van der Waals surface area contributed by atoms with Crippen molar-refractivity contribution in [2.24, 2.45) is 0 Å². The Morgan fingerprint density at radius 3 is 2.47 bits per heavy atom. The molecule has 1 amide bonds. The van der Waals surface area contributed by atoms with Gasteiger partial charge in [-0.15, -0.1) is 0 Å². The molecule has 9 heteroatoms. The average Bonchev–Trinajstić information content (AvgIpc) is 3.11. The lowest BCUT2D eigenvalue weighted by Gasteiger charge is -2.34. The summed E-state index contributed by atoms with van der Waals surface area (Å²) in [7, 11) is 1.60. The maximum Gasteiger partial charge on any atom is 0.245 e. The van der Waals surface area contributed by atoms with Gasteiger partial charge in [0.25, 0.3) is 0 Å². The lowest BCUT2D eigenvalue weighted by Crippen LogP contribution is -2.56. The number of benzene rings is 2. The molecule has 1 N–H and O–H groups in total. The highest BCUT2D eigenvalue weighted by atomic mass is 35.6. The van der Waals surface area contributed by atoms with Crippen molar-refractivity contribution in [1.82, 2.24) is 10.2 Å². The van der Waals surface area contributed by atoms with E-state index in [9.17, 15) is 4.79 Å². The van der Waals surface area contributed by atoms with Gasteiger partial charge in [0.1, 0.15) is 5.75 Å². The van der Waals surface area contributed by atoms with Gasteiger partial charge in [-0.2, -0.15) is 0 Å². The van der Waals surface area contributed by atoms with Crippen LogP contribution in [0, 0.1) is 0 Å². The molecule has 1 saturated heterocycles. The van der Waals surface area contributed by atoms with Crippen LogP contribution in [-0.2, 0) is 4.79 Å². The van der Waals surface area contributed by atoms with Gasteiger partial charge in [-0.25, -0.2) is 0 Å². The first-order valence-corrected chi connectivity index (χ1v) is 10.7. The molecule has 0 spiro atoms. The Labute approximate surface area is 196 Å². The molecule has 0 aromatic heterocycles. The number of amides is 1. The Morgan fingerprint density at radius 1 is 1.13 bits per heavy atom. The molecule has 30 heavy (non-hydrogen) atoms. The monoisotopic (exact) mass is 483 g/mol. The fourth-order valence-corrected chi connectivity index (χ4v) is 4.03. The Hall–Kier alpha value is -1.99. The van der Waals surface area contributed by atoms with E-state index in [1.165, 1.54) is 6.08 Å². The lowest BCUT2D eigenvalue weighted by molar-refractivity contribution is -0.117. The summed E-state index contributed by atoms with van der Waals surface area (Å²) >= 11 is 24.3. The third kappa shape index (κ3) is 5.38. The molecular formula is C21H20Cl3N3O2S. The van der Waals surface area contributed by atoms with Crippen LogP contribution >= 0.6 is 47.0 Å². The zero-order valence-electron chi connectivity index (χ0n) is 16.1. The number of carbonyl (C=O) groups excluding carboxylic acids is 1. The molecule has 5 nitrogen and oxygen atoms in total. The third-order valence-electron chi connectivity index (χ3n) is 4.54. The van der Waals surface area contributed by atoms with Gasteiger partial charge in [0.05, 0.1) is 12.8 Å². The highest BCUT2D eigenvalue weighted by molar-refractivity contribution is 7.80. The summed E-state index contributed by atoms with van der Waals surface area (Å²) in [5.41, 5.74) is 1.70. The number of nitrogens with zero attached hydrogens (tertiary/aromatic N) is 2. The fraction of sp³-hybridized carbons (Fsp3) is 0.238. The van der Waals surface area contributed by atoms with E-state index in [1.807, 2.05) is 59.5 Å². The second-order valence-corrected chi connectivity index (χ2v) is 9.23. The van der Waals surface area contributed by atoms with Crippen molar-refractivity contribution in [3.8, 4) is 5.75 Å². The van der Waals surface area contributed by atoms with Gasteiger partial charge in [-0.1, -0.05) is 77.3 Å². The Kier molecular flexibility index (Phi) is 7.47. The number of carbonyl (C=O) groups is 1. The highest BCUT2D eigenvalue weighted by Crippen LogP contribution is 2.36. The van der Waals surface area contributed by atoms with Crippen molar-refractivity contribution >= 4 is 69.8 Å². The number of para-hydroxylation sites is 2. The normalized spacial score (nSPS) is 15.5. The number of nitrogens with one attached hydrogen (secondary N) is 1. The van der Waals surface area contributed by atoms with Crippen LogP contribution < -0.4 is 15.0 Å². The first-order valence-electron chi connectivity index (χ1n) is 9.13. The SMILES string of the molecule is COc1ccccc1N1CCN(C(NC(=O)/C=C/c2ccccc2)C(Cl)(Cl)Cl)C1=S. The summed E-state index contributed by atoms with van der Waals surface area (Å²) in [6.45, 7) is 1.03. The molecule has 1 atom stereocenters. The average molecular weight is 485 g/mol. The van der Waals surface area contributed by atoms with Crippen molar-refractivity contribution in [2.45, 2.75) is 9.96 Å². The Morgan fingerprint density at radius 2 is 1.80 bits per heavy atom. The molecule has 2 aromatic rings. The van der Waals surface area contributed by atoms with Crippen LogP contribution in [0.1, 0.15) is 5.56 Å². The van der Waals surface area contributed by atoms with Crippen LogP contribution in [0.25, 0.3) is 6.08 Å². The summed E-state index contributed by atoms with van der Waals surface area (Å²) in [5.74, 6) is 0.288. The number of alkyl halides is 3. The van der Waals surface area contributed by atoms with Crippen molar-refractivity contribution in [2.75, 3.05) is 25.1 Å². The summed E-state index contributed by atoms with van der Waals surface area (Å²) in [4.78, 5) is 16.1. The molecule has 0 radical (unpaired) electrons. The molecule has 1 heterocycles. The van der Waals surface area contributed by atoms with E-state index >= 15 is 0 Å². The maximum atomic E-state index is 12.5. The number of hydrogen-bond acceptors (Lipinski definition) is 3. The predicted molar refractivity (Wildman–Crippen MR) is 127 cm³/mol. The minimum Gasteiger partial charge on any atom is -0.495 e. The standard InChI is InChI=1S/C21H20Cl3N3O2S/c1-29-17-10-6-5-9-16(17)26-13-14-27(20(26)30)19(21(22,23)24)25-18(28)12-11-15-7-3-2-4-8-15/h2-12,19H,13-14H2,1H3,(H,25,28)/b12-11+. The van der Waals surface area contributed by atoms with E-state index in [0.29, 0.717) is 24.0 Å². The van der Waals surface area contributed by atoms with E-state index < -0.39 is 15.9 Å². The van der Waals surface area contributed by atoms with Crippen LogP contribution in [0.3, 0.4) is 0 Å². The van der Waals surface area contributed by atoms with Gasteiger partial charge < -0.3 is 19.9 Å². The topological polar surface area (TPSA) is 44.8 Å². The highest BCUT2D eigenvalue weighted by Gasteiger charge is 2.43. The summed E-state index contributed by atoms with van der Waals surface area (Å²) < 4.78 is 3.64. The number of thiocarbonyl (C=S) groups is 1. The smallest absolute Gasteiger partial charge is 0.245 e. The zero-order chi connectivity index (χ0) is 21.7. The molecule has 0 bridgehead atoms.